The first kappa shape index (κ1) is 17.4. The summed E-state index contributed by atoms with van der Waals surface area (Å²) in [6.07, 6.45) is 7.19. The van der Waals surface area contributed by atoms with Crippen molar-refractivity contribution in [2.24, 2.45) is 10.8 Å². The second-order valence-electron chi connectivity index (χ2n) is 5.62. The highest BCUT2D eigenvalue weighted by molar-refractivity contribution is 5.85. The van der Waals surface area contributed by atoms with Gasteiger partial charge in [0.15, 0.2) is 0 Å². The van der Waals surface area contributed by atoms with Gasteiger partial charge in [-0.05, 0) is 39.6 Å². The van der Waals surface area contributed by atoms with Crippen LogP contribution in [-0.4, -0.2) is 9.97 Å². The Morgan fingerprint density at radius 1 is 0.846 bits per heavy atom. The normalized spacial score (nSPS) is 10.0. The summed E-state index contributed by atoms with van der Waals surface area (Å²) in [4.78, 5) is 10.8. The molecule has 0 aliphatic rings. The largest absolute Gasteiger partial charge is 0.326 e. The number of nitrogens with two attached hydrogens (primary N) is 1. The maximum Gasteiger partial charge on any atom is 0.0517 e. The molecular weight excluding hydrogens is 324 g/mol. The first-order chi connectivity index (χ1) is 12.8. The van der Waals surface area contributed by atoms with Crippen LogP contribution in [0.25, 0.3) is 32.0 Å². The molecule has 0 saturated heterocycles. The van der Waals surface area contributed by atoms with Crippen LogP contribution in [0.2, 0.25) is 0 Å². The number of pyridine rings is 2. The Morgan fingerprint density at radius 2 is 1.42 bits per heavy atom. The number of hydrogen-bond donors (Lipinski definition) is 1. The molecule has 6 heteroatoms. The fraction of sp³-hybridized carbons (Fsp3) is 0.100. The molecule has 6 nitrogen and oxygen atoms in total. The first-order valence-corrected chi connectivity index (χ1v) is 8.17. The van der Waals surface area contributed by atoms with Crippen LogP contribution in [0.15, 0.2) is 78.4 Å². The number of aromatic nitrogens is 2. The molecule has 0 fully saturated rings. The molecule has 0 aliphatic heterocycles. The van der Waals surface area contributed by atoms with Crippen molar-refractivity contribution < 1.29 is 0 Å². The lowest BCUT2D eigenvalue weighted by molar-refractivity contribution is 1.06. The predicted molar refractivity (Wildman–Crippen MR) is 104 cm³/mol. The molecule has 4 aromatic rings. The molecule has 4 rings (SSSR count). The van der Waals surface area contributed by atoms with Crippen LogP contribution < -0.4 is 5.73 Å². The lowest BCUT2D eigenvalue weighted by Gasteiger charge is -2.01. The van der Waals surface area contributed by atoms with E-state index in [1.54, 1.807) is 18.6 Å². The van der Waals surface area contributed by atoms with Gasteiger partial charge in [0, 0.05) is 47.0 Å². The van der Waals surface area contributed by atoms with Crippen molar-refractivity contribution in [3.8, 4) is 0 Å². The van der Waals surface area contributed by atoms with Crippen molar-refractivity contribution in [3.05, 3.63) is 94.9 Å². The van der Waals surface area contributed by atoms with Gasteiger partial charge in [0.05, 0.1) is 6.54 Å². The number of nitrogens with zero attached hydrogens (tertiary/aromatic N) is 5. The van der Waals surface area contributed by atoms with Crippen LogP contribution in [0.4, 0.5) is 0 Å². The smallest absolute Gasteiger partial charge is 0.0517 e. The maximum atomic E-state index is 8.25. The molecule has 0 radical (unpaired) electrons. The lowest BCUT2D eigenvalue weighted by Crippen LogP contribution is -1.96. The molecule has 2 aromatic carbocycles. The zero-order valence-corrected chi connectivity index (χ0v) is 14.2. The number of benzene rings is 2. The Hall–Kier alpha value is -3.47. The Balaban J connectivity index is 0.000000152. The summed E-state index contributed by atoms with van der Waals surface area (Å²) in [5.41, 5.74) is 16.0. The average molecular weight is 342 g/mol. The summed E-state index contributed by atoms with van der Waals surface area (Å²) in [5.74, 6) is 0. The second kappa shape index (κ2) is 8.58. The summed E-state index contributed by atoms with van der Waals surface area (Å²) in [5, 5.41) is 8.07. The topological polar surface area (TPSA) is 101 Å². The molecule has 0 unspecified atom stereocenters. The SMILES string of the molecule is NCc1cccc2cnccc12.[N-]=[N+]=NCc1cccc2cnccc12. The van der Waals surface area contributed by atoms with E-state index < -0.39 is 0 Å². The zero-order chi connectivity index (χ0) is 18.2. The summed E-state index contributed by atoms with van der Waals surface area (Å²) in [7, 11) is 0. The van der Waals surface area contributed by atoms with Crippen LogP contribution in [0.5, 0.6) is 0 Å². The minimum Gasteiger partial charge on any atom is -0.326 e. The molecule has 0 amide bonds. The Morgan fingerprint density at radius 3 is 2.00 bits per heavy atom. The third-order valence-electron chi connectivity index (χ3n) is 4.07. The Labute approximate surface area is 151 Å². The lowest BCUT2D eigenvalue weighted by atomic mass is 10.1. The van der Waals surface area contributed by atoms with E-state index in [-0.39, 0.29) is 0 Å². The summed E-state index contributed by atoms with van der Waals surface area (Å²) >= 11 is 0. The van der Waals surface area contributed by atoms with Gasteiger partial charge in [-0.25, -0.2) is 0 Å². The third-order valence-corrected chi connectivity index (χ3v) is 4.07. The molecule has 0 atom stereocenters. The van der Waals surface area contributed by atoms with E-state index in [1.807, 2.05) is 54.7 Å². The molecule has 2 N–H and O–H groups in total. The molecule has 0 saturated carbocycles. The number of fused-ring (bicyclic) bond motifs is 2. The van der Waals surface area contributed by atoms with Gasteiger partial charge in [-0.2, -0.15) is 0 Å². The first-order valence-electron chi connectivity index (χ1n) is 8.17. The third kappa shape index (κ3) is 3.95. The Kier molecular flexibility index (Phi) is 5.72. The van der Waals surface area contributed by atoms with E-state index in [4.69, 9.17) is 11.3 Å². The van der Waals surface area contributed by atoms with E-state index in [9.17, 15) is 0 Å². The fourth-order valence-corrected chi connectivity index (χ4v) is 2.80. The number of hydrogen-bond acceptors (Lipinski definition) is 4. The molecule has 0 aliphatic carbocycles. The molecule has 0 bridgehead atoms. The van der Waals surface area contributed by atoms with Crippen molar-refractivity contribution in [2.75, 3.05) is 0 Å². The average Bonchev–Trinajstić information content (AvgIpc) is 2.72. The molecule has 0 spiro atoms. The molecule has 2 aromatic heterocycles. The molecule has 2 heterocycles. The van der Waals surface area contributed by atoms with Crippen molar-refractivity contribution in [1.82, 2.24) is 9.97 Å². The van der Waals surface area contributed by atoms with Gasteiger partial charge in [0.25, 0.3) is 0 Å². The van der Waals surface area contributed by atoms with Crippen molar-refractivity contribution >= 4 is 21.5 Å². The summed E-state index contributed by atoms with van der Waals surface area (Å²) < 4.78 is 0. The van der Waals surface area contributed by atoms with Crippen LogP contribution in [0.1, 0.15) is 11.1 Å². The van der Waals surface area contributed by atoms with Crippen LogP contribution in [0, 0.1) is 0 Å². The van der Waals surface area contributed by atoms with E-state index in [0.29, 0.717) is 13.1 Å². The highest BCUT2D eigenvalue weighted by atomic mass is 15.1. The molecule has 26 heavy (non-hydrogen) atoms. The summed E-state index contributed by atoms with van der Waals surface area (Å²) in [6.45, 7) is 0.971. The van der Waals surface area contributed by atoms with Crippen LogP contribution in [-0.2, 0) is 13.1 Å². The van der Waals surface area contributed by atoms with Crippen molar-refractivity contribution in [3.63, 3.8) is 0 Å². The number of azide groups is 1. The van der Waals surface area contributed by atoms with Crippen molar-refractivity contribution in [2.45, 2.75) is 13.1 Å². The highest BCUT2D eigenvalue weighted by Gasteiger charge is 1.98. The number of rotatable bonds is 3. The van der Waals surface area contributed by atoms with Gasteiger partial charge in [0.2, 0.25) is 0 Å². The minimum atomic E-state index is 0.387. The van der Waals surface area contributed by atoms with Crippen LogP contribution in [0.3, 0.4) is 0 Å². The maximum absolute atomic E-state index is 8.25. The van der Waals surface area contributed by atoms with Crippen LogP contribution >= 0.6 is 0 Å². The van der Waals surface area contributed by atoms with E-state index in [1.165, 1.54) is 10.9 Å². The van der Waals surface area contributed by atoms with Gasteiger partial charge < -0.3 is 5.73 Å². The van der Waals surface area contributed by atoms with Gasteiger partial charge >= 0.3 is 0 Å². The van der Waals surface area contributed by atoms with Gasteiger partial charge in [-0.3, -0.25) is 9.97 Å². The van der Waals surface area contributed by atoms with Gasteiger partial charge in [0.1, 0.15) is 0 Å². The van der Waals surface area contributed by atoms with E-state index in [0.717, 1.165) is 21.7 Å². The van der Waals surface area contributed by atoms with E-state index in [2.05, 4.69) is 20.0 Å². The molecular formula is C20H18N6. The fourth-order valence-electron chi connectivity index (χ4n) is 2.80. The summed E-state index contributed by atoms with van der Waals surface area (Å²) in [6, 6.07) is 15.9. The molecule has 128 valence electrons. The minimum absolute atomic E-state index is 0.387. The zero-order valence-electron chi connectivity index (χ0n) is 14.2. The predicted octanol–water partition coefficient (Wildman–Crippen LogP) is 4.74. The van der Waals surface area contributed by atoms with E-state index >= 15 is 0 Å². The van der Waals surface area contributed by atoms with Gasteiger partial charge in [-0.15, -0.1) is 0 Å². The second-order valence-corrected chi connectivity index (χ2v) is 5.62. The standard InChI is InChI=1S/C10H8N4.C10H10N2/c11-14-13-7-9-3-1-2-8-6-12-5-4-10(8)9;11-6-8-2-1-3-9-7-12-5-4-10(8)9/h1-6H,7H2;1-5,7H,6,11H2. The van der Waals surface area contributed by atoms with Crippen molar-refractivity contribution in [1.29, 1.82) is 0 Å². The van der Waals surface area contributed by atoms with Gasteiger partial charge in [-0.1, -0.05) is 41.5 Å². The quantitative estimate of drug-likeness (QED) is 0.330. The highest BCUT2D eigenvalue weighted by Crippen LogP contribution is 2.18. The monoisotopic (exact) mass is 342 g/mol. The Bertz CT molecular complexity index is 1060.